The average molecular weight is 1650 g/mol. The van der Waals surface area contributed by atoms with Crippen LogP contribution < -0.4 is 0 Å². The van der Waals surface area contributed by atoms with Crippen LogP contribution in [0.4, 0.5) is 0 Å². The van der Waals surface area contributed by atoms with Crippen molar-refractivity contribution >= 4 is 189 Å². The van der Waals surface area contributed by atoms with Crippen molar-refractivity contribution in [3.8, 4) is 66.8 Å². The molecule has 0 spiro atoms. The molecule has 576 valence electrons. The maximum Gasteiger partial charge on any atom is 0.0433 e. The zero-order valence-corrected chi connectivity index (χ0v) is 72.5. The maximum absolute atomic E-state index is 2.32. The highest BCUT2D eigenvalue weighted by Crippen LogP contribution is 2.46. The van der Waals surface area contributed by atoms with Gasteiger partial charge in [0.1, 0.15) is 0 Å². The summed E-state index contributed by atoms with van der Waals surface area (Å²) in [5, 5.41) is 16.4. The third-order valence-corrected chi connectivity index (χ3v) is 29.9. The first-order valence-electron chi connectivity index (χ1n) is 40.8. The molecule has 0 N–H and O–H groups in total. The van der Waals surface area contributed by atoms with Crippen LogP contribution in [0.3, 0.4) is 0 Å². The largest absolute Gasteiger partial charge is 0.135 e. The van der Waals surface area contributed by atoms with Crippen LogP contribution in [0.15, 0.2) is 400 Å². The van der Waals surface area contributed by atoms with Gasteiger partial charge in [-0.15, -0.1) is 68.0 Å². The lowest BCUT2D eigenvalue weighted by Crippen LogP contribution is -1.82. The molecule has 24 aromatic rings. The molecule has 0 saturated carbocycles. The van der Waals surface area contributed by atoms with Crippen LogP contribution in [0.25, 0.3) is 188 Å². The van der Waals surface area contributed by atoms with E-state index in [1.807, 2.05) is 68.0 Å². The topological polar surface area (TPSA) is 0 Å². The second-order valence-corrected chi connectivity index (χ2v) is 37.2. The minimum Gasteiger partial charge on any atom is -0.135 e. The Kier molecular flexibility index (Phi) is 22.1. The Balaban J connectivity index is 0.0000000952. The highest BCUT2D eigenvalue weighted by atomic mass is 32.1. The lowest BCUT2D eigenvalue weighted by atomic mass is 9.99. The van der Waals surface area contributed by atoms with Gasteiger partial charge in [0.15, 0.2) is 0 Å². The molecule has 0 amide bonds. The molecule has 0 nitrogen and oxygen atoms in total. The summed E-state index contributed by atoms with van der Waals surface area (Å²) in [5.41, 5.74) is 23.7. The van der Waals surface area contributed by atoms with Gasteiger partial charge in [-0.05, 0) is 180 Å². The van der Waals surface area contributed by atoms with E-state index in [9.17, 15) is 0 Å². The molecule has 0 radical (unpaired) electrons. The third kappa shape index (κ3) is 15.8. The van der Waals surface area contributed by atoms with Gasteiger partial charge in [-0.3, -0.25) is 0 Å². The second kappa shape index (κ2) is 34.3. The van der Waals surface area contributed by atoms with Gasteiger partial charge in [-0.1, -0.05) is 362 Å². The normalized spacial score (nSPS) is 11.2. The molecule has 0 aliphatic heterocycles. The van der Waals surface area contributed by atoms with E-state index in [1.165, 1.54) is 221 Å². The van der Waals surface area contributed by atoms with Crippen LogP contribution in [0.1, 0.15) is 33.4 Å². The lowest BCUT2D eigenvalue weighted by Gasteiger charge is -2.06. The minimum atomic E-state index is 1.29. The standard InChI is InChI=1S/6C19H14S/c1-13-7-2-3-8-14(13)16-10-6-11-17-15-9-4-5-12-18(15)20-19(16)17;1-13-5-4-6-14(11-13)15-9-10-17-16-7-2-3-8-18(16)20-19(17)12-15;1-13-6-2-3-7-15(13)14-10-11-17-16-8-4-5-9-18(16)20-19(17)12-14;1-13-9-11-14(12-10-13)15-6-4-8-18-19(15)16-5-2-3-7-17(16)20-18;1-13-7-5-11-16-17-12-6-10-15(19(17)20-18(13)16)14-8-3-2-4-9-14;1-13-6-8-14(9-7-13)15-10-11-17-16-4-2-3-5-18(16)20-19(17)12-15/h6*2-12H,1H3. The molecule has 18 aromatic carbocycles. The number of hydrogen-bond acceptors (Lipinski definition) is 6. The molecule has 0 atom stereocenters. The van der Waals surface area contributed by atoms with Gasteiger partial charge in [0, 0.05) is 121 Å². The van der Waals surface area contributed by atoms with Crippen molar-refractivity contribution in [2.24, 2.45) is 0 Å². The monoisotopic (exact) mass is 1640 g/mol. The van der Waals surface area contributed by atoms with Crippen molar-refractivity contribution in [1.29, 1.82) is 0 Å². The molecule has 0 fully saturated rings. The molecule has 120 heavy (non-hydrogen) atoms. The summed E-state index contributed by atoms with van der Waals surface area (Å²) < 4.78 is 16.5. The van der Waals surface area contributed by atoms with Gasteiger partial charge in [0.05, 0.1) is 0 Å². The van der Waals surface area contributed by atoms with Gasteiger partial charge in [-0.25, -0.2) is 0 Å². The van der Waals surface area contributed by atoms with Crippen molar-refractivity contribution in [1.82, 2.24) is 0 Å². The molecule has 6 aromatic heterocycles. The zero-order chi connectivity index (χ0) is 81.2. The van der Waals surface area contributed by atoms with Crippen LogP contribution in [-0.4, -0.2) is 0 Å². The molecule has 6 heteroatoms. The highest BCUT2D eigenvalue weighted by Gasteiger charge is 2.17. The number of rotatable bonds is 6. The third-order valence-electron chi connectivity index (χ3n) is 22.7. The van der Waals surface area contributed by atoms with Crippen LogP contribution in [0.2, 0.25) is 0 Å². The van der Waals surface area contributed by atoms with Gasteiger partial charge in [-0.2, -0.15) is 0 Å². The molecule has 6 heterocycles. The predicted molar refractivity (Wildman–Crippen MR) is 537 cm³/mol. The van der Waals surface area contributed by atoms with Gasteiger partial charge >= 0.3 is 0 Å². The average Bonchev–Trinajstić information content (AvgIpc) is 1.62. The molecule has 0 unspecified atom stereocenters. The van der Waals surface area contributed by atoms with Crippen molar-refractivity contribution < 1.29 is 0 Å². The van der Waals surface area contributed by atoms with Crippen molar-refractivity contribution in [3.63, 3.8) is 0 Å². The molecule has 0 aliphatic rings. The first-order valence-corrected chi connectivity index (χ1v) is 45.7. The SMILES string of the molecule is Cc1ccc(-c2ccc3c(c2)sc2ccccc23)cc1.Cc1ccc(-c2cccc3sc4ccccc4c23)cc1.Cc1cccc(-c2ccc3c(c2)sc2ccccc23)c1.Cc1cccc2c1sc1c(-c3ccccc3)cccc12.Cc1ccccc1-c1ccc2c(c1)sc1ccccc12.Cc1ccccc1-c1cccc2c1sc1ccccc12. The predicted octanol–water partition coefficient (Wildman–Crippen LogP) is 36.2. The van der Waals surface area contributed by atoms with E-state index >= 15 is 0 Å². The first-order chi connectivity index (χ1) is 59.0. The Labute approximate surface area is 724 Å². The quantitative estimate of drug-likeness (QED) is 0.156. The fraction of sp³-hybridized carbons (Fsp3) is 0.0526. The molecular weight excluding hydrogens is 1560 g/mol. The van der Waals surface area contributed by atoms with E-state index in [2.05, 4.69) is 442 Å². The summed E-state index contributed by atoms with van der Waals surface area (Å²) in [6.45, 7) is 12.9. The van der Waals surface area contributed by atoms with Crippen LogP contribution in [-0.2, 0) is 0 Å². The van der Waals surface area contributed by atoms with Gasteiger partial charge in [0.2, 0.25) is 0 Å². The first kappa shape index (κ1) is 77.2. The molecule has 0 aliphatic carbocycles. The van der Waals surface area contributed by atoms with Crippen molar-refractivity contribution in [2.75, 3.05) is 0 Å². The fourth-order valence-corrected chi connectivity index (χ4v) is 23.7. The van der Waals surface area contributed by atoms with Gasteiger partial charge in [0.25, 0.3) is 0 Å². The molecule has 0 saturated heterocycles. The number of benzene rings is 18. The Morgan fingerprint density at radius 2 is 0.467 bits per heavy atom. The van der Waals surface area contributed by atoms with E-state index in [1.54, 1.807) is 0 Å². The number of thiophene rings is 6. The number of aryl methyl sites for hydroxylation is 6. The van der Waals surface area contributed by atoms with Gasteiger partial charge < -0.3 is 0 Å². The Hall–Kier alpha value is -12.7. The van der Waals surface area contributed by atoms with E-state index in [-0.39, 0.29) is 0 Å². The number of fused-ring (bicyclic) bond motifs is 18. The van der Waals surface area contributed by atoms with Crippen LogP contribution >= 0.6 is 68.0 Å². The smallest absolute Gasteiger partial charge is 0.0433 e. The second-order valence-electron chi connectivity index (χ2n) is 30.8. The van der Waals surface area contributed by atoms with Crippen LogP contribution in [0.5, 0.6) is 0 Å². The zero-order valence-electron chi connectivity index (χ0n) is 67.6. The van der Waals surface area contributed by atoms with Crippen LogP contribution in [0, 0.1) is 41.5 Å². The van der Waals surface area contributed by atoms with E-state index in [4.69, 9.17) is 0 Å². The summed E-state index contributed by atoms with van der Waals surface area (Å²) in [7, 11) is 0. The van der Waals surface area contributed by atoms with Crippen molar-refractivity contribution in [2.45, 2.75) is 41.5 Å². The highest BCUT2D eigenvalue weighted by molar-refractivity contribution is 7.28. The fourth-order valence-electron chi connectivity index (χ4n) is 16.6. The molecule has 0 bridgehead atoms. The van der Waals surface area contributed by atoms with Crippen molar-refractivity contribution in [3.05, 3.63) is 434 Å². The van der Waals surface area contributed by atoms with E-state index < -0.39 is 0 Å². The van der Waals surface area contributed by atoms with E-state index in [0.29, 0.717) is 0 Å². The minimum absolute atomic E-state index is 1.29. The molecular formula is C114H84S6. The number of hydrogen-bond donors (Lipinski definition) is 0. The summed E-state index contributed by atoms with van der Waals surface area (Å²) in [4.78, 5) is 0. The van der Waals surface area contributed by atoms with E-state index in [0.717, 1.165) is 0 Å². The Morgan fingerprint density at radius 3 is 1.03 bits per heavy atom. The Morgan fingerprint density at radius 1 is 0.142 bits per heavy atom. The summed E-state index contributed by atoms with van der Waals surface area (Å²) in [5.74, 6) is 0. The Bertz CT molecular complexity index is 7850. The lowest BCUT2D eigenvalue weighted by molar-refractivity contribution is 1.46. The molecule has 24 rings (SSSR count). The maximum atomic E-state index is 2.32. The summed E-state index contributed by atoms with van der Waals surface area (Å²) >= 11 is 11.3. The summed E-state index contributed by atoms with van der Waals surface area (Å²) in [6, 6.07) is 144. The summed E-state index contributed by atoms with van der Waals surface area (Å²) in [6.07, 6.45) is 0.